The molecule has 3 N–H and O–H groups in total. The summed E-state index contributed by atoms with van der Waals surface area (Å²) in [6.07, 6.45) is 3.60. The van der Waals surface area contributed by atoms with Crippen molar-refractivity contribution in [3.8, 4) is 0 Å². The van der Waals surface area contributed by atoms with E-state index in [0.717, 1.165) is 17.3 Å². The molecular formula is C20H28N6O4S. The maximum atomic E-state index is 11.7. The van der Waals surface area contributed by atoms with E-state index in [1.165, 1.54) is 6.39 Å². The van der Waals surface area contributed by atoms with Gasteiger partial charge in [-0.25, -0.2) is 13.4 Å². The highest BCUT2D eigenvalue weighted by Crippen LogP contribution is 2.24. The summed E-state index contributed by atoms with van der Waals surface area (Å²) >= 11 is 0. The molecule has 3 rings (SSSR count). The molecule has 2 aromatic heterocycles. The van der Waals surface area contributed by atoms with Crippen LogP contribution in [0, 0.1) is 5.92 Å². The largest absolute Gasteiger partial charge is 0.443 e. The highest BCUT2D eigenvalue weighted by molar-refractivity contribution is 7.91. The maximum absolute atomic E-state index is 11.7. The van der Waals surface area contributed by atoms with E-state index in [9.17, 15) is 13.5 Å². The van der Waals surface area contributed by atoms with Crippen LogP contribution < -0.4 is 10.0 Å². The fourth-order valence-corrected chi connectivity index (χ4v) is 3.71. The normalized spacial score (nSPS) is 14.0. The molecule has 2 heterocycles. The Labute approximate surface area is 181 Å². The first-order valence-electron chi connectivity index (χ1n) is 10.1. The van der Waals surface area contributed by atoms with Crippen LogP contribution >= 0.6 is 0 Å². The van der Waals surface area contributed by atoms with Gasteiger partial charge in [0.05, 0.1) is 18.9 Å². The van der Waals surface area contributed by atoms with Gasteiger partial charge in [0.1, 0.15) is 11.3 Å². The molecule has 31 heavy (non-hydrogen) atoms. The molecule has 3 aromatic rings. The summed E-state index contributed by atoms with van der Waals surface area (Å²) in [4.78, 5) is 17.0. The predicted octanol–water partition coefficient (Wildman–Crippen LogP) is 2.55. The Hall–Kier alpha value is -2.79. The van der Waals surface area contributed by atoms with Gasteiger partial charge in [-0.1, -0.05) is 26.8 Å². The van der Waals surface area contributed by atoms with E-state index in [2.05, 4.69) is 30.0 Å². The fraction of sp³-hybridized carbons (Fsp3) is 0.500. The zero-order valence-electron chi connectivity index (χ0n) is 18.0. The third kappa shape index (κ3) is 6.59. The lowest BCUT2D eigenvalue weighted by Gasteiger charge is -2.19. The molecule has 0 bridgehead atoms. The number of sulfonamides is 1. The highest BCUT2D eigenvalue weighted by atomic mass is 32.2. The number of fused-ring (bicyclic) bond motifs is 1. The molecule has 0 spiro atoms. The van der Waals surface area contributed by atoms with Gasteiger partial charge in [-0.2, -0.15) is 15.0 Å². The van der Waals surface area contributed by atoms with Crippen molar-refractivity contribution < 1.29 is 17.9 Å². The van der Waals surface area contributed by atoms with Crippen LogP contribution in [0.3, 0.4) is 0 Å². The number of hydrogen-bond donors (Lipinski definition) is 3. The van der Waals surface area contributed by atoms with Crippen molar-refractivity contribution >= 4 is 33.0 Å². The minimum Gasteiger partial charge on any atom is -0.443 e. The van der Waals surface area contributed by atoms with Crippen LogP contribution in [0.1, 0.15) is 44.5 Å². The Morgan fingerprint density at radius 2 is 1.87 bits per heavy atom. The van der Waals surface area contributed by atoms with Gasteiger partial charge in [-0.15, -0.1) is 0 Å². The average Bonchev–Trinajstić information content (AvgIpc) is 3.13. The first-order valence-corrected chi connectivity index (χ1v) is 12.0. The van der Waals surface area contributed by atoms with Crippen molar-refractivity contribution in [1.82, 2.24) is 19.9 Å². The van der Waals surface area contributed by atoms with Crippen LogP contribution in [0.4, 0.5) is 11.9 Å². The molecule has 1 aromatic carbocycles. The number of benzene rings is 1. The average molecular weight is 449 g/mol. The number of oxazole rings is 1. The van der Waals surface area contributed by atoms with Crippen LogP contribution in [0.15, 0.2) is 29.0 Å². The van der Waals surface area contributed by atoms with E-state index in [1.54, 1.807) is 0 Å². The Bertz CT molecular complexity index is 1130. The van der Waals surface area contributed by atoms with Crippen molar-refractivity contribution in [3.05, 3.63) is 36.0 Å². The topological polar surface area (TPSA) is 143 Å². The summed E-state index contributed by atoms with van der Waals surface area (Å²) in [6, 6.07) is 5.52. The number of aromatic nitrogens is 4. The molecule has 2 atom stereocenters. The van der Waals surface area contributed by atoms with Crippen molar-refractivity contribution in [2.24, 2.45) is 5.92 Å². The summed E-state index contributed by atoms with van der Waals surface area (Å²) in [5, 5.41) is 12.8. The second-order valence-electron chi connectivity index (χ2n) is 8.11. The highest BCUT2D eigenvalue weighted by Gasteiger charge is 2.17. The van der Waals surface area contributed by atoms with E-state index < -0.39 is 10.0 Å². The minimum absolute atomic E-state index is 0.0279. The maximum Gasteiger partial charge on any atom is 0.241 e. The molecular weight excluding hydrogens is 420 g/mol. The lowest BCUT2D eigenvalue weighted by Crippen LogP contribution is -2.27. The summed E-state index contributed by atoms with van der Waals surface area (Å²) in [5.41, 5.74) is 2.49. The molecule has 0 aliphatic rings. The molecule has 2 unspecified atom stereocenters. The van der Waals surface area contributed by atoms with Gasteiger partial charge in [0.15, 0.2) is 12.0 Å². The minimum atomic E-state index is -3.56. The predicted molar refractivity (Wildman–Crippen MR) is 118 cm³/mol. The van der Waals surface area contributed by atoms with Crippen LogP contribution in [0.5, 0.6) is 0 Å². The van der Waals surface area contributed by atoms with E-state index in [0.29, 0.717) is 30.2 Å². The molecule has 0 amide bonds. The Kier molecular flexibility index (Phi) is 7.06. The quantitative estimate of drug-likeness (QED) is 0.426. The van der Waals surface area contributed by atoms with Gasteiger partial charge < -0.3 is 14.8 Å². The third-order valence-electron chi connectivity index (χ3n) is 4.68. The molecule has 0 fully saturated rings. The van der Waals surface area contributed by atoms with Crippen LogP contribution in [-0.2, 0) is 16.4 Å². The van der Waals surface area contributed by atoms with Gasteiger partial charge in [-0.3, -0.25) is 4.72 Å². The standard InChI is InChI=1S/C20H28N6O4S/c1-12(2)7-15(10-27)22-19-23-18(24-20(25-19)26-31(4,28)29)8-13(3)14-5-6-16-17(9-14)30-11-21-16/h5-6,9,11-13,15,27H,7-8,10H2,1-4H3,(H2,22,23,24,25,26). The SMILES string of the molecule is CC(C)CC(CO)Nc1nc(CC(C)c2ccc3ncoc3c2)nc(NS(C)(=O)=O)n1. The second kappa shape index (κ2) is 9.56. The lowest BCUT2D eigenvalue weighted by molar-refractivity contribution is 0.259. The molecule has 168 valence electrons. The first kappa shape index (κ1) is 22.9. The van der Waals surface area contributed by atoms with E-state index in [-0.39, 0.29) is 30.5 Å². The number of anilines is 2. The van der Waals surface area contributed by atoms with Crippen molar-refractivity contribution in [2.45, 2.75) is 45.6 Å². The number of rotatable bonds is 10. The fourth-order valence-electron chi connectivity index (χ4n) is 3.29. The van der Waals surface area contributed by atoms with Gasteiger partial charge in [0.2, 0.25) is 21.9 Å². The smallest absolute Gasteiger partial charge is 0.241 e. The number of nitrogens with one attached hydrogen (secondary N) is 2. The van der Waals surface area contributed by atoms with Gasteiger partial charge >= 0.3 is 0 Å². The summed E-state index contributed by atoms with van der Waals surface area (Å²) in [7, 11) is -3.56. The Morgan fingerprint density at radius 1 is 1.13 bits per heavy atom. The van der Waals surface area contributed by atoms with Crippen molar-refractivity contribution in [1.29, 1.82) is 0 Å². The third-order valence-corrected chi connectivity index (χ3v) is 5.23. The van der Waals surface area contributed by atoms with Crippen LogP contribution in [0.25, 0.3) is 11.1 Å². The van der Waals surface area contributed by atoms with E-state index in [1.807, 2.05) is 39.0 Å². The zero-order valence-corrected chi connectivity index (χ0v) is 18.8. The Balaban J connectivity index is 1.86. The molecule has 11 heteroatoms. The molecule has 0 saturated carbocycles. The first-order chi connectivity index (χ1) is 14.6. The lowest BCUT2D eigenvalue weighted by atomic mass is 9.97. The Morgan fingerprint density at radius 3 is 2.55 bits per heavy atom. The van der Waals surface area contributed by atoms with E-state index >= 15 is 0 Å². The number of aliphatic hydroxyl groups is 1. The van der Waals surface area contributed by atoms with E-state index in [4.69, 9.17) is 4.42 Å². The number of nitrogens with zero attached hydrogens (tertiary/aromatic N) is 4. The van der Waals surface area contributed by atoms with Gasteiger partial charge in [0.25, 0.3) is 0 Å². The van der Waals surface area contributed by atoms with Crippen molar-refractivity contribution in [3.63, 3.8) is 0 Å². The zero-order chi connectivity index (χ0) is 22.6. The monoisotopic (exact) mass is 448 g/mol. The van der Waals surface area contributed by atoms with Gasteiger partial charge in [0, 0.05) is 6.42 Å². The van der Waals surface area contributed by atoms with Crippen LogP contribution in [0.2, 0.25) is 0 Å². The summed E-state index contributed by atoms with van der Waals surface area (Å²) in [6.45, 7) is 6.02. The molecule has 10 nitrogen and oxygen atoms in total. The summed E-state index contributed by atoms with van der Waals surface area (Å²) < 4.78 is 31.1. The number of hydrogen-bond acceptors (Lipinski definition) is 9. The van der Waals surface area contributed by atoms with Crippen molar-refractivity contribution in [2.75, 3.05) is 22.9 Å². The summed E-state index contributed by atoms with van der Waals surface area (Å²) in [5.74, 6) is 0.962. The molecule has 0 radical (unpaired) electrons. The molecule has 0 saturated heterocycles. The molecule has 0 aliphatic carbocycles. The number of aliphatic hydroxyl groups excluding tert-OH is 1. The second-order valence-corrected chi connectivity index (χ2v) is 9.86. The molecule has 0 aliphatic heterocycles. The van der Waals surface area contributed by atoms with Gasteiger partial charge in [-0.05, 0) is 36.0 Å². The van der Waals surface area contributed by atoms with Crippen LogP contribution in [-0.4, -0.2) is 52.4 Å².